The van der Waals surface area contributed by atoms with E-state index in [1.165, 1.54) is 25.7 Å². The van der Waals surface area contributed by atoms with Crippen LogP contribution >= 0.6 is 0 Å². The summed E-state index contributed by atoms with van der Waals surface area (Å²) in [6.45, 7) is 4.02. The van der Waals surface area contributed by atoms with Crippen molar-refractivity contribution in [3.05, 3.63) is 36.5 Å². The molecule has 0 aliphatic heterocycles. The summed E-state index contributed by atoms with van der Waals surface area (Å²) in [4.78, 5) is 10.8. The molecule has 0 aromatic rings. The van der Waals surface area contributed by atoms with E-state index < -0.39 is 11.9 Å². The Morgan fingerprint density at radius 2 is 1.50 bits per heavy atom. The minimum absolute atomic E-state index is 0.506. The summed E-state index contributed by atoms with van der Waals surface area (Å²) in [7, 11) is 0. The zero-order chi connectivity index (χ0) is 17.9. The minimum Gasteiger partial charge on any atom is -0.480 e. The zero-order valence-electron chi connectivity index (χ0n) is 15.5. The molecule has 0 saturated heterocycles. The van der Waals surface area contributed by atoms with Crippen molar-refractivity contribution < 1.29 is 9.90 Å². The fraction of sp³-hybridized carbons (Fsp3) is 0.591. The van der Waals surface area contributed by atoms with Crippen molar-refractivity contribution in [2.75, 3.05) is 0 Å². The van der Waals surface area contributed by atoms with Gasteiger partial charge < -0.3 is 5.11 Å². The van der Waals surface area contributed by atoms with Crippen molar-refractivity contribution in [2.24, 2.45) is 5.92 Å². The maximum Gasteiger partial charge on any atom is 0.318 e. The van der Waals surface area contributed by atoms with Gasteiger partial charge in [0.1, 0.15) is 5.92 Å². The van der Waals surface area contributed by atoms with Crippen LogP contribution in [-0.4, -0.2) is 11.1 Å². The molecular formula is C22H34O2. The van der Waals surface area contributed by atoms with Gasteiger partial charge in [0.15, 0.2) is 0 Å². The fourth-order valence-electron chi connectivity index (χ4n) is 2.16. The van der Waals surface area contributed by atoms with E-state index >= 15 is 0 Å². The van der Waals surface area contributed by atoms with Crippen molar-refractivity contribution in [3.63, 3.8) is 0 Å². The quantitative estimate of drug-likeness (QED) is 0.244. The maximum atomic E-state index is 10.8. The summed E-state index contributed by atoms with van der Waals surface area (Å²) in [5.41, 5.74) is 0. The fourth-order valence-corrected chi connectivity index (χ4v) is 2.16. The van der Waals surface area contributed by atoms with Gasteiger partial charge >= 0.3 is 5.97 Å². The molecule has 0 rings (SSSR count). The van der Waals surface area contributed by atoms with Gasteiger partial charge in [0, 0.05) is 6.42 Å². The predicted molar refractivity (Wildman–Crippen MR) is 104 cm³/mol. The molecule has 0 bridgehead atoms. The van der Waals surface area contributed by atoms with Gasteiger partial charge in [-0.25, -0.2) is 0 Å². The molecule has 0 aliphatic rings. The third-order valence-corrected chi connectivity index (χ3v) is 3.65. The molecule has 2 nitrogen and oxygen atoms in total. The molecule has 1 atom stereocenters. The molecule has 1 N–H and O–H groups in total. The molecule has 2 heteroatoms. The molecule has 0 aromatic carbocycles. The van der Waals surface area contributed by atoms with Crippen LogP contribution in [0.3, 0.4) is 0 Å². The van der Waals surface area contributed by atoms with E-state index in [0.29, 0.717) is 6.42 Å². The van der Waals surface area contributed by atoms with Crippen LogP contribution in [0.15, 0.2) is 36.5 Å². The zero-order valence-corrected chi connectivity index (χ0v) is 15.5. The molecule has 0 aliphatic carbocycles. The number of carbonyl (C=O) groups is 1. The van der Waals surface area contributed by atoms with E-state index in [9.17, 15) is 4.79 Å². The number of carboxylic acid groups (broad SMARTS) is 1. The van der Waals surface area contributed by atoms with Crippen molar-refractivity contribution in [1.82, 2.24) is 0 Å². The van der Waals surface area contributed by atoms with Crippen molar-refractivity contribution in [1.29, 1.82) is 0 Å². The Balaban J connectivity index is 3.53. The molecule has 0 spiro atoms. The van der Waals surface area contributed by atoms with Gasteiger partial charge in [-0.05, 0) is 57.8 Å². The van der Waals surface area contributed by atoms with Gasteiger partial charge in [-0.2, -0.15) is 0 Å². The van der Waals surface area contributed by atoms with Crippen LogP contribution in [-0.2, 0) is 4.79 Å². The lowest BCUT2D eigenvalue weighted by molar-refractivity contribution is -0.139. The van der Waals surface area contributed by atoms with Crippen LogP contribution in [0.25, 0.3) is 0 Å². The summed E-state index contributed by atoms with van der Waals surface area (Å²) in [5.74, 6) is 4.49. The van der Waals surface area contributed by atoms with Crippen LogP contribution in [0.1, 0.15) is 78.1 Å². The van der Waals surface area contributed by atoms with Gasteiger partial charge in [-0.15, -0.1) is 5.92 Å². The van der Waals surface area contributed by atoms with Crippen LogP contribution in [0, 0.1) is 17.8 Å². The number of rotatable bonds is 13. The monoisotopic (exact) mass is 330 g/mol. The Hall–Kier alpha value is -1.75. The van der Waals surface area contributed by atoms with Crippen LogP contribution < -0.4 is 0 Å². The van der Waals surface area contributed by atoms with E-state index in [2.05, 4.69) is 55.2 Å². The predicted octanol–water partition coefficient (Wildman–Crippen LogP) is 6.30. The maximum absolute atomic E-state index is 10.8. The van der Waals surface area contributed by atoms with E-state index in [1.54, 1.807) is 0 Å². The van der Waals surface area contributed by atoms with Gasteiger partial charge in [-0.1, -0.05) is 56.2 Å². The Kier molecular flexibility index (Phi) is 16.3. The van der Waals surface area contributed by atoms with E-state index in [4.69, 9.17) is 5.11 Å². The first-order valence-corrected chi connectivity index (χ1v) is 9.38. The summed E-state index contributed by atoms with van der Waals surface area (Å²) in [6, 6.07) is 0. The number of hydrogen-bond acceptors (Lipinski definition) is 1. The highest BCUT2D eigenvalue weighted by atomic mass is 16.4. The molecule has 0 radical (unpaired) electrons. The van der Waals surface area contributed by atoms with Crippen LogP contribution in [0.5, 0.6) is 0 Å². The second-order valence-electron chi connectivity index (χ2n) is 5.86. The molecule has 0 fully saturated rings. The minimum atomic E-state index is -0.811. The average molecular weight is 331 g/mol. The normalized spacial score (nSPS) is 12.8. The lowest BCUT2D eigenvalue weighted by Gasteiger charge is -1.98. The first-order chi connectivity index (χ1) is 11.7. The van der Waals surface area contributed by atoms with Crippen LogP contribution in [0.2, 0.25) is 0 Å². The standard InChI is InChI=1S/C22H34O2/c1-3-5-6-7-8-9-10-11-12-13-14-15-16-17-18-19-20-21(4-2)22(23)24/h5-6,11-12,14-15,21H,3-4,7-10,13,16-18H2,1-2H3,(H,23,24)/b6-5-,12-11-,15-14-. The summed E-state index contributed by atoms with van der Waals surface area (Å²) < 4.78 is 0. The van der Waals surface area contributed by atoms with Gasteiger partial charge in [-0.3, -0.25) is 4.79 Å². The molecule has 0 amide bonds. The molecule has 0 heterocycles. The lowest BCUT2D eigenvalue weighted by atomic mass is 10.1. The second kappa shape index (κ2) is 17.6. The van der Waals surface area contributed by atoms with Crippen molar-refractivity contribution in [3.8, 4) is 11.8 Å². The van der Waals surface area contributed by atoms with Gasteiger partial charge in [0.25, 0.3) is 0 Å². The van der Waals surface area contributed by atoms with E-state index in [0.717, 1.165) is 32.1 Å². The topological polar surface area (TPSA) is 37.3 Å². The van der Waals surface area contributed by atoms with Crippen LogP contribution in [0.4, 0.5) is 0 Å². The third kappa shape index (κ3) is 15.2. The highest BCUT2D eigenvalue weighted by Gasteiger charge is 2.09. The second-order valence-corrected chi connectivity index (χ2v) is 5.86. The van der Waals surface area contributed by atoms with E-state index in [-0.39, 0.29) is 0 Å². The first-order valence-electron chi connectivity index (χ1n) is 9.38. The number of aliphatic carboxylic acids is 1. The number of unbranched alkanes of at least 4 members (excludes halogenated alkanes) is 5. The number of hydrogen-bond donors (Lipinski definition) is 1. The first kappa shape index (κ1) is 22.2. The molecule has 0 aromatic heterocycles. The van der Waals surface area contributed by atoms with Crippen molar-refractivity contribution in [2.45, 2.75) is 78.1 Å². The largest absolute Gasteiger partial charge is 0.480 e. The average Bonchev–Trinajstić information content (AvgIpc) is 2.57. The number of carboxylic acids is 1. The Morgan fingerprint density at radius 3 is 2.04 bits per heavy atom. The third-order valence-electron chi connectivity index (χ3n) is 3.65. The Morgan fingerprint density at radius 1 is 0.917 bits per heavy atom. The Bertz CT molecular complexity index is 446. The lowest BCUT2D eigenvalue weighted by Crippen LogP contribution is -2.09. The SMILES string of the molecule is CC/C=C\CCCC/C=C\C/C=C\CCCC#CC(CC)C(=O)O. The summed E-state index contributed by atoms with van der Waals surface area (Å²) in [6.07, 6.45) is 23.8. The highest BCUT2D eigenvalue weighted by Crippen LogP contribution is 2.04. The molecule has 134 valence electrons. The molecule has 24 heavy (non-hydrogen) atoms. The molecule has 1 unspecified atom stereocenters. The van der Waals surface area contributed by atoms with E-state index in [1.807, 2.05) is 6.92 Å². The number of allylic oxidation sites excluding steroid dienone is 6. The highest BCUT2D eigenvalue weighted by molar-refractivity contribution is 5.73. The Labute approximate surface area is 148 Å². The summed E-state index contributed by atoms with van der Waals surface area (Å²) >= 11 is 0. The van der Waals surface area contributed by atoms with Crippen molar-refractivity contribution >= 4 is 5.97 Å². The van der Waals surface area contributed by atoms with Gasteiger partial charge in [0.05, 0.1) is 0 Å². The molecule has 0 saturated carbocycles. The van der Waals surface area contributed by atoms with Gasteiger partial charge in [0.2, 0.25) is 0 Å². The smallest absolute Gasteiger partial charge is 0.318 e. The summed E-state index contributed by atoms with van der Waals surface area (Å²) in [5, 5.41) is 8.88. The molecular weight excluding hydrogens is 296 g/mol.